The molecule has 1 aliphatic rings. The highest BCUT2D eigenvalue weighted by Crippen LogP contribution is 2.34. The number of rotatable bonds is 2. The molecule has 2 amide bonds. The van der Waals surface area contributed by atoms with Crippen molar-refractivity contribution in [1.82, 2.24) is 5.06 Å². The topological polar surface area (TPSA) is 46.6 Å². The summed E-state index contributed by atoms with van der Waals surface area (Å²) in [5.74, 6) is -0.878. The van der Waals surface area contributed by atoms with Crippen LogP contribution < -0.4 is 4.84 Å². The van der Waals surface area contributed by atoms with Crippen LogP contribution in [0.4, 0.5) is 0 Å². The number of nitrogens with zero attached hydrogens (tertiary/aromatic N) is 1. The molecule has 0 aliphatic carbocycles. The van der Waals surface area contributed by atoms with E-state index in [0.717, 1.165) is 0 Å². The predicted octanol–water partition coefficient (Wildman–Crippen LogP) is 3.58. The van der Waals surface area contributed by atoms with Gasteiger partial charge in [0, 0.05) is 0 Å². The van der Waals surface area contributed by atoms with E-state index >= 15 is 0 Å². The maximum atomic E-state index is 12.2. The molecule has 3 rings (SSSR count). The molecular formula is C14H7Cl2NO3. The van der Waals surface area contributed by atoms with E-state index in [1.165, 1.54) is 12.1 Å². The zero-order valence-electron chi connectivity index (χ0n) is 9.97. The molecule has 2 aromatic carbocycles. The number of carbonyl (C=O) groups is 2. The standard InChI is InChI=1S/C14H7Cl2NO3/c15-9-6-7-10(16)12-11(9)13(18)17(14(12)19)20-8-4-2-1-3-5-8/h1-7H. The van der Waals surface area contributed by atoms with Gasteiger partial charge in [0.2, 0.25) is 0 Å². The van der Waals surface area contributed by atoms with E-state index in [4.69, 9.17) is 28.0 Å². The molecular weight excluding hydrogens is 301 g/mol. The van der Waals surface area contributed by atoms with Crippen LogP contribution in [0.25, 0.3) is 0 Å². The Labute approximate surface area is 124 Å². The van der Waals surface area contributed by atoms with Crippen LogP contribution in [-0.4, -0.2) is 16.9 Å². The SMILES string of the molecule is O=C1c2c(Cl)ccc(Cl)c2C(=O)N1Oc1ccccc1. The fourth-order valence-electron chi connectivity index (χ4n) is 1.93. The Morgan fingerprint density at radius 1 is 0.800 bits per heavy atom. The summed E-state index contributed by atoms with van der Waals surface area (Å²) < 4.78 is 0. The number of halogens is 2. The quantitative estimate of drug-likeness (QED) is 0.797. The Morgan fingerprint density at radius 2 is 1.30 bits per heavy atom. The van der Waals surface area contributed by atoms with Crippen LogP contribution in [0.5, 0.6) is 5.75 Å². The summed E-state index contributed by atoms with van der Waals surface area (Å²) in [6, 6.07) is 11.5. The molecule has 20 heavy (non-hydrogen) atoms. The summed E-state index contributed by atoms with van der Waals surface area (Å²) in [6.45, 7) is 0. The van der Waals surface area contributed by atoms with Gasteiger partial charge in [0.05, 0.1) is 21.2 Å². The maximum Gasteiger partial charge on any atom is 0.296 e. The Balaban J connectivity index is 2.02. The van der Waals surface area contributed by atoms with Crippen molar-refractivity contribution < 1.29 is 14.4 Å². The molecule has 0 saturated heterocycles. The lowest BCUT2D eigenvalue weighted by molar-refractivity contribution is -0.0140. The van der Waals surface area contributed by atoms with Gasteiger partial charge in [0.1, 0.15) is 0 Å². The highest BCUT2D eigenvalue weighted by molar-refractivity contribution is 6.41. The summed E-state index contributed by atoms with van der Waals surface area (Å²) >= 11 is 11.9. The number of benzene rings is 2. The van der Waals surface area contributed by atoms with Crippen LogP contribution in [0.1, 0.15) is 20.7 Å². The second-order valence-electron chi connectivity index (χ2n) is 4.09. The lowest BCUT2D eigenvalue weighted by atomic mass is 10.1. The lowest BCUT2D eigenvalue weighted by Gasteiger charge is -2.13. The largest absolute Gasteiger partial charge is 0.368 e. The van der Waals surface area contributed by atoms with Crippen molar-refractivity contribution in [3.63, 3.8) is 0 Å². The first-order valence-corrected chi connectivity index (χ1v) is 6.45. The monoisotopic (exact) mass is 307 g/mol. The van der Waals surface area contributed by atoms with Gasteiger partial charge in [-0.1, -0.05) is 46.5 Å². The number of imide groups is 1. The average Bonchev–Trinajstić information content (AvgIpc) is 2.70. The molecule has 100 valence electrons. The summed E-state index contributed by atoms with van der Waals surface area (Å²) in [5.41, 5.74) is 0.139. The number of hydrogen-bond donors (Lipinski definition) is 0. The van der Waals surface area contributed by atoms with Gasteiger partial charge in [0.15, 0.2) is 5.75 Å². The van der Waals surface area contributed by atoms with Crippen LogP contribution in [0.3, 0.4) is 0 Å². The van der Waals surface area contributed by atoms with E-state index in [-0.39, 0.29) is 21.2 Å². The van der Waals surface area contributed by atoms with Crippen LogP contribution in [0, 0.1) is 0 Å². The smallest absolute Gasteiger partial charge is 0.296 e. The van der Waals surface area contributed by atoms with Gasteiger partial charge < -0.3 is 4.84 Å². The van der Waals surface area contributed by atoms with E-state index in [1.807, 2.05) is 0 Å². The first kappa shape index (κ1) is 13.0. The van der Waals surface area contributed by atoms with Gasteiger partial charge in [-0.25, -0.2) is 0 Å². The molecule has 4 nitrogen and oxygen atoms in total. The summed E-state index contributed by atoms with van der Waals surface area (Å²) in [7, 11) is 0. The summed E-state index contributed by atoms with van der Waals surface area (Å²) in [5, 5.41) is 1.00. The number of para-hydroxylation sites is 1. The minimum absolute atomic E-state index is 0.0695. The van der Waals surface area contributed by atoms with Crippen molar-refractivity contribution in [2.24, 2.45) is 0 Å². The molecule has 0 aromatic heterocycles. The molecule has 1 heterocycles. The first-order chi connectivity index (χ1) is 9.59. The van der Waals surface area contributed by atoms with Crippen molar-refractivity contribution in [2.45, 2.75) is 0 Å². The molecule has 6 heteroatoms. The van der Waals surface area contributed by atoms with Crippen LogP contribution in [0.2, 0.25) is 10.0 Å². The van der Waals surface area contributed by atoms with Gasteiger partial charge in [-0.05, 0) is 24.3 Å². The Hall–Kier alpha value is -2.04. The third kappa shape index (κ3) is 1.94. The third-order valence-electron chi connectivity index (χ3n) is 2.84. The molecule has 0 saturated carbocycles. The molecule has 1 aliphatic heterocycles. The Morgan fingerprint density at radius 3 is 1.80 bits per heavy atom. The second-order valence-corrected chi connectivity index (χ2v) is 4.90. The lowest BCUT2D eigenvalue weighted by Crippen LogP contribution is -2.33. The average molecular weight is 308 g/mol. The number of fused-ring (bicyclic) bond motifs is 1. The molecule has 0 unspecified atom stereocenters. The molecule has 0 spiro atoms. The molecule has 0 bridgehead atoms. The van der Waals surface area contributed by atoms with Crippen molar-refractivity contribution in [2.75, 3.05) is 0 Å². The first-order valence-electron chi connectivity index (χ1n) is 5.69. The Bertz CT molecular complexity index is 675. The normalized spacial score (nSPS) is 13.6. The molecule has 2 aromatic rings. The van der Waals surface area contributed by atoms with Crippen LogP contribution >= 0.6 is 23.2 Å². The van der Waals surface area contributed by atoms with Crippen molar-refractivity contribution in [3.8, 4) is 5.75 Å². The number of carbonyl (C=O) groups excluding carboxylic acids is 2. The predicted molar refractivity (Wildman–Crippen MR) is 74.0 cm³/mol. The van der Waals surface area contributed by atoms with Gasteiger partial charge in [-0.2, -0.15) is 0 Å². The highest BCUT2D eigenvalue weighted by Gasteiger charge is 2.41. The zero-order chi connectivity index (χ0) is 14.3. The third-order valence-corrected chi connectivity index (χ3v) is 3.47. The van der Waals surface area contributed by atoms with Gasteiger partial charge >= 0.3 is 0 Å². The van der Waals surface area contributed by atoms with Gasteiger partial charge in [0.25, 0.3) is 11.8 Å². The minimum Gasteiger partial charge on any atom is -0.368 e. The van der Waals surface area contributed by atoms with E-state index in [9.17, 15) is 9.59 Å². The Kier molecular flexibility index (Phi) is 3.12. The fourth-order valence-corrected chi connectivity index (χ4v) is 2.41. The van der Waals surface area contributed by atoms with Crippen molar-refractivity contribution in [3.05, 3.63) is 63.6 Å². The molecule has 0 atom stereocenters. The zero-order valence-corrected chi connectivity index (χ0v) is 11.5. The van der Waals surface area contributed by atoms with E-state index in [0.29, 0.717) is 10.8 Å². The molecule has 0 fully saturated rings. The summed E-state index contributed by atoms with van der Waals surface area (Å²) in [6.07, 6.45) is 0. The van der Waals surface area contributed by atoms with Gasteiger partial charge in [-0.15, -0.1) is 0 Å². The fraction of sp³-hybridized carbons (Fsp3) is 0. The van der Waals surface area contributed by atoms with E-state index in [2.05, 4.69) is 0 Å². The number of hydroxylamine groups is 2. The van der Waals surface area contributed by atoms with E-state index < -0.39 is 11.8 Å². The van der Waals surface area contributed by atoms with E-state index in [1.54, 1.807) is 30.3 Å². The summed E-state index contributed by atoms with van der Waals surface area (Å²) in [4.78, 5) is 29.8. The van der Waals surface area contributed by atoms with Crippen molar-refractivity contribution >= 4 is 35.0 Å². The van der Waals surface area contributed by atoms with Crippen LogP contribution in [0.15, 0.2) is 42.5 Å². The maximum absolute atomic E-state index is 12.2. The minimum atomic E-state index is -0.624. The van der Waals surface area contributed by atoms with Crippen molar-refractivity contribution in [1.29, 1.82) is 0 Å². The number of hydrogen-bond acceptors (Lipinski definition) is 3. The number of amides is 2. The van der Waals surface area contributed by atoms with Crippen LogP contribution in [-0.2, 0) is 0 Å². The second kappa shape index (κ2) is 4.81. The molecule has 0 N–H and O–H groups in total. The molecule has 0 radical (unpaired) electrons. The highest BCUT2D eigenvalue weighted by atomic mass is 35.5. The van der Waals surface area contributed by atoms with Gasteiger partial charge in [-0.3, -0.25) is 9.59 Å².